The van der Waals surface area contributed by atoms with Crippen molar-refractivity contribution in [1.29, 1.82) is 0 Å². The van der Waals surface area contributed by atoms with Gasteiger partial charge in [0.05, 0.1) is 19.6 Å². The third-order valence-electron chi connectivity index (χ3n) is 4.93. The number of nitrogens with one attached hydrogen (secondary N) is 1. The lowest BCUT2D eigenvalue weighted by molar-refractivity contribution is -0.146. The zero-order valence-electron chi connectivity index (χ0n) is 17.6. The molecule has 0 saturated carbocycles. The number of aliphatic imine (C=N–C) groups is 1. The van der Waals surface area contributed by atoms with E-state index in [0.29, 0.717) is 6.54 Å². The normalized spacial score (nSPS) is 15.6. The Morgan fingerprint density at radius 1 is 1.25 bits per heavy atom. The topological polar surface area (TPSA) is 66.4 Å². The number of esters is 1. The molecule has 0 unspecified atom stereocenters. The second-order valence-corrected chi connectivity index (χ2v) is 7.33. The molecule has 1 fully saturated rings. The van der Waals surface area contributed by atoms with Crippen molar-refractivity contribution in [1.82, 2.24) is 15.1 Å². The van der Waals surface area contributed by atoms with E-state index in [1.165, 1.54) is 12.7 Å². The summed E-state index contributed by atoms with van der Waals surface area (Å²) in [6, 6.07) is 8.17. The zero-order valence-corrected chi connectivity index (χ0v) is 17.6. The Labute approximate surface area is 168 Å². The van der Waals surface area contributed by atoms with E-state index in [1.54, 1.807) is 7.05 Å². The number of hydrogen-bond acceptors (Lipinski definition) is 5. The average Bonchev–Trinajstić information content (AvgIpc) is 2.72. The second-order valence-electron chi connectivity index (χ2n) is 7.33. The van der Waals surface area contributed by atoms with Gasteiger partial charge < -0.3 is 24.6 Å². The number of carbonyl (C=O) groups excluding carboxylic acids is 1. The van der Waals surface area contributed by atoms with Gasteiger partial charge in [0, 0.05) is 33.2 Å². The molecule has 1 saturated heterocycles. The lowest BCUT2D eigenvalue weighted by Crippen LogP contribution is -2.46. The van der Waals surface area contributed by atoms with E-state index in [2.05, 4.69) is 46.3 Å². The number of ether oxygens (including phenoxy) is 2. The Morgan fingerprint density at radius 2 is 1.93 bits per heavy atom. The van der Waals surface area contributed by atoms with Gasteiger partial charge in [-0.05, 0) is 51.1 Å². The SMILES string of the molecule is CN=C(NCc1ccc(OCCCN(C)C)cc1)N1CCC(C(=O)OC)CC1. The highest BCUT2D eigenvalue weighted by atomic mass is 16.5. The van der Waals surface area contributed by atoms with Gasteiger partial charge in [-0.1, -0.05) is 12.1 Å². The summed E-state index contributed by atoms with van der Waals surface area (Å²) in [7, 11) is 7.38. The van der Waals surface area contributed by atoms with E-state index >= 15 is 0 Å². The summed E-state index contributed by atoms with van der Waals surface area (Å²) >= 11 is 0. The van der Waals surface area contributed by atoms with Crippen LogP contribution in [0.3, 0.4) is 0 Å². The summed E-state index contributed by atoms with van der Waals surface area (Å²) in [5, 5.41) is 3.41. The van der Waals surface area contributed by atoms with E-state index in [-0.39, 0.29) is 11.9 Å². The van der Waals surface area contributed by atoms with Gasteiger partial charge in [0.2, 0.25) is 0 Å². The molecule has 1 aromatic carbocycles. The summed E-state index contributed by atoms with van der Waals surface area (Å²) in [4.78, 5) is 20.4. The van der Waals surface area contributed by atoms with E-state index in [9.17, 15) is 4.79 Å². The molecule has 156 valence electrons. The predicted octanol–water partition coefficient (Wildman–Crippen LogP) is 1.98. The van der Waals surface area contributed by atoms with Crippen molar-refractivity contribution < 1.29 is 14.3 Å². The van der Waals surface area contributed by atoms with Gasteiger partial charge in [-0.15, -0.1) is 0 Å². The molecule has 1 aliphatic heterocycles. The van der Waals surface area contributed by atoms with Crippen LogP contribution in [0.5, 0.6) is 5.75 Å². The third kappa shape index (κ3) is 7.03. The Balaban J connectivity index is 1.75. The van der Waals surface area contributed by atoms with Crippen molar-refractivity contribution in [2.75, 3.05) is 54.5 Å². The molecule has 0 spiro atoms. The van der Waals surface area contributed by atoms with Crippen molar-refractivity contribution >= 4 is 11.9 Å². The molecular weight excluding hydrogens is 356 g/mol. The number of carbonyl (C=O) groups is 1. The largest absolute Gasteiger partial charge is 0.494 e. The van der Waals surface area contributed by atoms with E-state index in [1.807, 2.05) is 12.1 Å². The molecule has 1 aromatic rings. The smallest absolute Gasteiger partial charge is 0.308 e. The lowest BCUT2D eigenvalue weighted by atomic mass is 9.97. The van der Waals surface area contributed by atoms with E-state index in [0.717, 1.165) is 57.2 Å². The van der Waals surface area contributed by atoms with Gasteiger partial charge in [-0.3, -0.25) is 9.79 Å². The minimum absolute atomic E-state index is 0.00428. The minimum Gasteiger partial charge on any atom is -0.494 e. The standard InChI is InChI=1S/C21H34N4O3/c1-22-21(25-13-10-18(11-14-25)20(26)27-4)23-16-17-6-8-19(9-7-17)28-15-5-12-24(2)3/h6-9,18H,5,10-16H2,1-4H3,(H,22,23). The fourth-order valence-electron chi connectivity index (χ4n) is 3.28. The summed E-state index contributed by atoms with van der Waals surface area (Å²) in [5.74, 6) is 1.67. The van der Waals surface area contributed by atoms with Gasteiger partial charge >= 0.3 is 5.97 Å². The molecule has 0 bridgehead atoms. The van der Waals surface area contributed by atoms with Crippen molar-refractivity contribution in [3.05, 3.63) is 29.8 Å². The zero-order chi connectivity index (χ0) is 20.4. The van der Waals surface area contributed by atoms with Crippen molar-refractivity contribution in [2.24, 2.45) is 10.9 Å². The molecule has 1 aliphatic rings. The Kier molecular flexibility index (Phi) is 9.07. The summed E-state index contributed by atoms with van der Waals surface area (Å²) in [6.45, 7) is 4.06. The molecule has 0 atom stereocenters. The molecule has 0 aromatic heterocycles. The lowest BCUT2D eigenvalue weighted by Gasteiger charge is -2.33. The molecule has 1 N–H and O–H groups in total. The van der Waals surface area contributed by atoms with Crippen LogP contribution in [0.25, 0.3) is 0 Å². The van der Waals surface area contributed by atoms with Crippen molar-refractivity contribution in [2.45, 2.75) is 25.8 Å². The number of piperidine rings is 1. The van der Waals surface area contributed by atoms with E-state index in [4.69, 9.17) is 9.47 Å². The summed E-state index contributed by atoms with van der Waals surface area (Å²) in [6.07, 6.45) is 2.61. The van der Waals surface area contributed by atoms with E-state index < -0.39 is 0 Å². The summed E-state index contributed by atoms with van der Waals surface area (Å²) in [5.41, 5.74) is 1.17. The first-order chi connectivity index (χ1) is 13.5. The molecule has 0 aliphatic carbocycles. The van der Waals surface area contributed by atoms with Crippen LogP contribution in [-0.4, -0.2) is 76.2 Å². The minimum atomic E-state index is -0.105. The molecular formula is C21H34N4O3. The Bertz CT molecular complexity index is 623. The van der Waals surface area contributed by atoms with Crippen LogP contribution in [0.15, 0.2) is 29.3 Å². The molecule has 7 heteroatoms. The fraction of sp³-hybridized carbons (Fsp3) is 0.619. The first kappa shape index (κ1) is 22.0. The first-order valence-corrected chi connectivity index (χ1v) is 9.93. The third-order valence-corrected chi connectivity index (χ3v) is 4.93. The number of rotatable bonds is 8. The highest BCUT2D eigenvalue weighted by molar-refractivity contribution is 5.80. The van der Waals surface area contributed by atoms with Gasteiger partial charge in [0.15, 0.2) is 5.96 Å². The van der Waals surface area contributed by atoms with Gasteiger partial charge in [0.25, 0.3) is 0 Å². The number of likely N-dealkylation sites (tertiary alicyclic amines) is 1. The molecule has 1 heterocycles. The summed E-state index contributed by atoms with van der Waals surface area (Å²) < 4.78 is 10.6. The molecule has 7 nitrogen and oxygen atoms in total. The quantitative estimate of drug-likeness (QED) is 0.317. The Hall–Kier alpha value is -2.28. The van der Waals surface area contributed by atoms with Crippen LogP contribution < -0.4 is 10.1 Å². The fourth-order valence-corrected chi connectivity index (χ4v) is 3.28. The maximum atomic E-state index is 11.7. The first-order valence-electron chi connectivity index (χ1n) is 9.93. The van der Waals surface area contributed by atoms with Crippen LogP contribution in [0.4, 0.5) is 0 Å². The number of benzene rings is 1. The maximum Gasteiger partial charge on any atom is 0.308 e. The molecule has 2 rings (SSSR count). The number of guanidine groups is 1. The molecule has 0 amide bonds. The second kappa shape index (κ2) is 11.5. The van der Waals surface area contributed by atoms with Crippen molar-refractivity contribution in [3.63, 3.8) is 0 Å². The average molecular weight is 391 g/mol. The Morgan fingerprint density at radius 3 is 2.50 bits per heavy atom. The van der Waals surface area contributed by atoms with Gasteiger partial charge in [-0.25, -0.2) is 0 Å². The van der Waals surface area contributed by atoms with Crippen LogP contribution in [0, 0.1) is 5.92 Å². The van der Waals surface area contributed by atoms with Gasteiger partial charge in [0.1, 0.15) is 5.75 Å². The maximum absolute atomic E-state index is 11.7. The monoisotopic (exact) mass is 390 g/mol. The predicted molar refractivity (Wildman–Crippen MR) is 112 cm³/mol. The van der Waals surface area contributed by atoms with Gasteiger partial charge in [-0.2, -0.15) is 0 Å². The number of methoxy groups -OCH3 is 1. The molecule has 28 heavy (non-hydrogen) atoms. The highest BCUT2D eigenvalue weighted by Crippen LogP contribution is 2.18. The number of nitrogens with zero attached hydrogens (tertiary/aromatic N) is 3. The van der Waals surface area contributed by atoms with Crippen LogP contribution in [0.2, 0.25) is 0 Å². The van der Waals surface area contributed by atoms with Crippen LogP contribution >= 0.6 is 0 Å². The number of hydrogen-bond donors (Lipinski definition) is 1. The van der Waals surface area contributed by atoms with Crippen LogP contribution in [0.1, 0.15) is 24.8 Å². The van der Waals surface area contributed by atoms with Crippen molar-refractivity contribution in [3.8, 4) is 5.75 Å². The highest BCUT2D eigenvalue weighted by Gasteiger charge is 2.26. The van der Waals surface area contributed by atoms with Crippen LogP contribution in [-0.2, 0) is 16.1 Å². The molecule has 0 radical (unpaired) electrons.